The molecule has 1 radical (unpaired) electrons. The molecular weight excluding hydrogens is 518 g/mol. The Morgan fingerprint density at radius 2 is 1.88 bits per heavy atom. The van der Waals surface area contributed by atoms with Crippen LogP contribution in [0.25, 0.3) is 11.3 Å². The maximum Gasteiger partial charge on any atom is 0.256 e. The third-order valence-corrected chi connectivity index (χ3v) is 3.71. The molecule has 0 fully saturated rings. The van der Waals surface area contributed by atoms with E-state index in [-0.39, 0.29) is 54.3 Å². The third-order valence-electron chi connectivity index (χ3n) is 2.94. The molecule has 0 aliphatic rings. The van der Waals surface area contributed by atoms with Crippen LogP contribution in [-0.2, 0) is 39.3 Å². The van der Waals surface area contributed by atoms with Crippen LogP contribution in [0.2, 0.25) is 0 Å². The van der Waals surface area contributed by atoms with E-state index in [1.165, 1.54) is 6.07 Å². The van der Waals surface area contributed by atoms with Gasteiger partial charge in [-0.05, 0) is 16.1 Å². The molecule has 2 rings (SSSR count). The van der Waals surface area contributed by atoms with Crippen molar-refractivity contribution >= 4 is 22.6 Å². The van der Waals surface area contributed by atoms with Crippen LogP contribution in [0.15, 0.2) is 23.0 Å². The van der Waals surface area contributed by atoms with Crippen molar-refractivity contribution < 1.29 is 55.0 Å². The zero-order valence-corrected chi connectivity index (χ0v) is 17.5. The number of aromatic nitrogens is 1. The zero-order chi connectivity index (χ0) is 17.1. The summed E-state index contributed by atoms with van der Waals surface area (Å²) in [5.41, 5.74) is -1.72. The first kappa shape index (κ1) is 21.6. The minimum absolute atomic E-state index is 0. The van der Waals surface area contributed by atoms with Gasteiger partial charge < -0.3 is 9.30 Å². The minimum Gasteiger partial charge on any atom is -0.494 e. The Morgan fingerprint density at radius 1 is 1.29 bits per heavy atom. The summed E-state index contributed by atoms with van der Waals surface area (Å²) >= 11 is 1.65. The number of hydrogen-bond donors (Lipinski definition) is 0. The molecule has 9 heteroatoms. The molecule has 0 atom stereocenters. The number of ether oxygens (including phenoxy) is 1. The van der Waals surface area contributed by atoms with Gasteiger partial charge in [-0.25, -0.2) is 17.6 Å². The van der Waals surface area contributed by atoms with E-state index < -0.39 is 35.7 Å². The number of benzene rings is 1. The van der Waals surface area contributed by atoms with Gasteiger partial charge in [-0.2, -0.15) is 12.1 Å². The maximum absolute atomic E-state index is 14.2. The van der Waals surface area contributed by atoms with Gasteiger partial charge in [0.25, 0.3) is 6.43 Å². The molecule has 3 nitrogen and oxygen atoms in total. The Bertz CT molecular complexity index is 760. The number of nitrogens with zero attached hydrogens (tertiary/aromatic N) is 1. The molecule has 24 heavy (non-hydrogen) atoms. The molecule has 127 valence electrons. The van der Waals surface area contributed by atoms with Crippen LogP contribution >= 0.6 is 22.6 Å². The predicted molar refractivity (Wildman–Crippen MR) is 84.8 cm³/mol. The predicted octanol–water partition coefficient (Wildman–Crippen LogP) is 3.86. The van der Waals surface area contributed by atoms with Crippen molar-refractivity contribution in [2.45, 2.75) is 19.9 Å². The second-order valence-electron chi connectivity index (χ2n) is 4.49. The van der Waals surface area contributed by atoms with Crippen LogP contribution < -0.4 is 10.3 Å². The van der Waals surface area contributed by atoms with Gasteiger partial charge in [0.1, 0.15) is 5.75 Å². The Labute approximate surface area is 174 Å². The fourth-order valence-corrected chi connectivity index (χ4v) is 2.49. The summed E-state index contributed by atoms with van der Waals surface area (Å²) in [4.78, 5) is 12.0. The molecule has 0 aliphatic carbocycles. The van der Waals surface area contributed by atoms with Gasteiger partial charge in [-0.1, -0.05) is 5.69 Å². The Balaban J connectivity index is 0.00000288. The van der Waals surface area contributed by atoms with Crippen molar-refractivity contribution in [3.05, 3.63) is 49.8 Å². The van der Waals surface area contributed by atoms with Crippen LogP contribution in [0.5, 0.6) is 5.75 Å². The molecule has 0 bridgehead atoms. The fourth-order valence-electron chi connectivity index (χ4n) is 2.05. The van der Waals surface area contributed by atoms with Crippen molar-refractivity contribution in [3.8, 4) is 17.0 Å². The molecule has 0 N–H and O–H groups in total. The van der Waals surface area contributed by atoms with Gasteiger partial charge in [0, 0.05) is 44.8 Å². The van der Waals surface area contributed by atoms with E-state index in [4.69, 9.17) is 4.74 Å². The van der Waals surface area contributed by atoms with Crippen LogP contribution in [0.1, 0.15) is 6.92 Å². The number of hydrogen-bond acceptors (Lipinski definition) is 2. The van der Waals surface area contributed by atoms with Crippen molar-refractivity contribution in [2.75, 3.05) is 6.61 Å². The summed E-state index contributed by atoms with van der Waals surface area (Å²) in [6, 6.07) is 5.58. The van der Waals surface area contributed by atoms with Crippen molar-refractivity contribution in [1.82, 2.24) is 4.57 Å². The standard InChI is InChI=1S/C15H11F4INO2.Y/c1-2-23-8-5-9(16)14(10(17)6-8)12-4-3-11(20)15(22)21(12)7-13(18)19;/h3,5-6,13H,2,7H2,1H3;/q-1;. The summed E-state index contributed by atoms with van der Waals surface area (Å²) in [7, 11) is 0. The quantitative estimate of drug-likeness (QED) is 0.335. The topological polar surface area (TPSA) is 31.2 Å². The van der Waals surface area contributed by atoms with E-state index in [0.29, 0.717) is 4.57 Å². The van der Waals surface area contributed by atoms with Crippen LogP contribution in [-0.4, -0.2) is 17.6 Å². The molecule has 1 heterocycles. The second kappa shape index (κ2) is 9.28. The van der Waals surface area contributed by atoms with Crippen molar-refractivity contribution in [2.24, 2.45) is 0 Å². The summed E-state index contributed by atoms with van der Waals surface area (Å²) in [6.45, 7) is 0.883. The van der Waals surface area contributed by atoms with Gasteiger partial charge >= 0.3 is 0 Å². The molecule has 1 aromatic heterocycles. The van der Waals surface area contributed by atoms with E-state index in [2.05, 4.69) is 6.07 Å². The smallest absolute Gasteiger partial charge is 0.256 e. The van der Waals surface area contributed by atoms with Crippen molar-refractivity contribution in [1.29, 1.82) is 0 Å². The number of pyridine rings is 1. The van der Waals surface area contributed by atoms with Gasteiger partial charge in [0.2, 0.25) is 5.56 Å². The summed E-state index contributed by atoms with van der Waals surface area (Å²) in [5, 5.41) is 0. The largest absolute Gasteiger partial charge is 0.494 e. The van der Waals surface area contributed by atoms with E-state index in [9.17, 15) is 22.4 Å². The summed E-state index contributed by atoms with van der Waals surface area (Å²) < 4.78 is 59.6. The number of halogens is 5. The zero-order valence-electron chi connectivity index (χ0n) is 12.5. The number of alkyl halides is 2. The molecular formula is C15H11F4INO2Y-. The Hall–Kier alpha value is -0.476. The molecule has 0 spiro atoms. The first-order valence-corrected chi connectivity index (χ1v) is 7.64. The Morgan fingerprint density at radius 3 is 2.38 bits per heavy atom. The average molecular weight is 529 g/mol. The van der Waals surface area contributed by atoms with Crippen LogP contribution in [0.4, 0.5) is 17.6 Å². The first-order chi connectivity index (χ1) is 10.8. The van der Waals surface area contributed by atoms with E-state index in [1.807, 2.05) is 0 Å². The van der Waals surface area contributed by atoms with E-state index >= 15 is 0 Å². The summed E-state index contributed by atoms with van der Waals surface area (Å²) in [5.74, 6) is -2.07. The molecule has 0 amide bonds. The average Bonchev–Trinajstić information content (AvgIpc) is 2.45. The Kier molecular flexibility index (Phi) is 8.34. The molecule has 0 aliphatic heterocycles. The maximum atomic E-state index is 14.2. The molecule has 1 aromatic carbocycles. The minimum atomic E-state index is -2.85. The second-order valence-corrected chi connectivity index (χ2v) is 5.65. The van der Waals surface area contributed by atoms with Crippen molar-refractivity contribution in [3.63, 3.8) is 0 Å². The SMILES string of the molecule is CCOc1cc(F)c(-c2[c-]cc(I)c(=O)n2CC(F)F)c(F)c1.[Y]. The van der Waals surface area contributed by atoms with Crippen LogP contribution in [0.3, 0.4) is 0 Å². The van der Waals surface area contributed by atoms with E-state index in [0.717, 1.165) is 12.1 Å². The number of rotatable bonds is 5. The normalized spacial score (nSPS) is 10.6. The molecule has 2 aromatic rings. The molecule has 0 saturated heterocycles. The molecule has 0 saturated carbocycles. The van der Waals surface area contributed by atoms with E-state index in [1.54, 1.807) is 29.5 Å². The third kappa shape index (κ3) is 4.79. The molecule has 0 unspecified atom stereocenters. The van der Waals surface area contributed by atoms with Gasteiger partial charge in [0.05, 0.1) is 24.8 Å². The van der Waals surface area contributed by atoms with Gasteiger partial charge in [-0.3, -0.25) is 4.79 Å². The van der Waals surface area contributed by atoms with Gasteiger partial charge in [-0.15, -0.1) is 22.6 Å². The first-order valence-electron chi connectivity index (χ1n) is 6.56. The van der Waals surface area contributed by atoms with Crippen LogP contribution in [0, 0.1) is 21.3 Å². The summed E-state index contributed by atoms with van der Waals surface area (Å²) in [6.07, 6.45) is -2.85. The van der Waals surface area contributed by atoms with Gasteiger partial charge in [0.15, 0.2) is 0 Å². The monoisotopic (exact) mass is 529 g/mol. The fraction of sp³-hybridized carbons (Fsp3) is 0.267.